The molecular formula is C15H32O3S. The standard InChI is InChI=1S/3C5H10O.H2S/c3*1-2-4-6-5-3-1;/h3*1-5H2;1H2. The van der Waals surface area contributed by atoms with Gasteiger partial charge in [-0.1, -0.05) is 0 Å². The Labute approximate surface area is 125 Å². The van der Waals surface area contributed by atoms with Crippen molar-refractivity contribution in [1.82, 2.24) is 0 Å². The van der Waals surface area contributed by atoms with E-state index in [9.17, 15) is 0 Å². The minimum atomic E-state index is 0. The second kappa shape index (κ2) is 16.3. The van der Waals surface area contributed by atoms with Crippen LogP contribution in [0.1, 0.15) is 57.8 Å². The first-order valence-corrected chi connectivity index (χ1v) is 7.73. The fourth-order valence-corrected chi connectivity index (χ4v) is 2.06. The summed E-state index contributed by atoms with van der Waals surface area (Å²) in [4.78, 5) is 0. The van der Waals surface area contributed by atoms with Crippen molar-refractivity contribution in [2.24, 2.45) is 0 Å². The van der Waals surface area contributed by atoms with Crippen LogP contribution in [0.25, 0.3) is 0 Å². The molecule has 3 heterocycles. The van der Waals surface area contributed by atoms with E-state index in [1.165, 1.54) is 57.8 Å². The summed E-state index contributed by atoms with van der Waals surface area (Å²) < 4.78 is 15.2. The average Bonchev–Trinajstić information content (AvgIpc) is 2.54. The van der Waals surface area contributed by atoms with E-state index in [-0.39, 0.29) is 13.5 Å². The molecule has 3 aliphatic heterocycles. The topological polar surface area (TPSA) is 27.7 Å². The predicted molar refractivity (Wildman–Crippen MR) is 84.4 cm³/mol. The number of hydrogen-bond acceptors (Lipinski definition) is 3. The zero-order valence-electron chi connectivity index (χ0n) is 12.3. The first-order chi connectivity index (χ1) is 9.00. The van der Waals surface area contributed by atoms with Gasteiger partial charge in [-0.05, 0) is 57.8 Å². The van der Waals surface area contributed by atoms with Gasteiger partial charge >= 0.3 is 0 Å². The molecule has 0 aromatic rings. The molecule has 19 heavy (non-hydrogen) atoms. The Balaban J connectivity index is 0.000000249. The molecule has 4 heteroatoms. The molecule has 0 unspecified atom stereocenters. The summed E-state index contributed by atoms with van der Waals surface area (Å²) in [5.74, 6) is 0. The number of ether oxygens (including phenoxy) is 3. The molecule has 0 aromatic carbocycles. The van der Waals surface area contributed by atoms with Gasteiger partial charge in [0.2, 0.25) is 0 Å². The van der Waals surface area contributed by atoms with E-state index >= 15 is 0 Å². The van der Waals surface area contributed by atoms with Gasteiger partial charge in [0, 0.05) is 39.6 Å². The third-order valence-electron chi connectivity index (χ3n) is 3.23. The van der Waals surface area contributed by atoms with Gasteiger partial charge in [0.15, 0.2) is 0 Å². The quantitative estimate of drug-likeness (QED) is 0.682. The highest BCUT2D eigenvalue weighted by molar-refractivity contribution is 7.59. The minimum absolute atomic E-state index is 0. The normalized spacial score (nSPS) is 22.7. The van der Waals surface area contributed by atoms with Crippen molar-refractivity contribution < 1.29 is 14.2 Å². The summed E-state index contributed by atoms with van der Waals surface area (Å²) in [5, 5.41) is 0. The molecule has 0 spiro atoms. The van der Waals surface area contributed by atoms with Gasteiger partial charge in [-0.3, -0.25) is 0 Å². The van der Waals surface area contributed by atoms with Gasteiger partial charge in [-0.2, -0.15) is 13.5 Å². The maximum absolute atomic E-state index is 5.07. The zero-order valence-corrected chi connectivity index (χ0v) is 13.3. The molecule has 0 radical (unpaired) electrons. The van der Waals surface area contributed by atoms with E-state index in [2.05, 4.69) is 0 Å². The van der Waals surface area contributed by atoms with E-state index in [1.54, 1.807) is 0 Å². The molecule has 0 N–H and O–H groups in total. The lowest BCUT2D eigenvalue weighted by molar-refractivity contribution is 0.0967. The molecular weight excluding hydrogens is 260 g/mol. The van der Waals surface area contributed by atoms with Crippen LogP contribution in [0, 0.1) is 0 Å². The lowest BCUT2D eigenvalue weighted by Gasteiger charge is -2.08. The van der Waals surface area contributed by atoms with Crippen LogP contribution in [0.5, 0.6) is 0 Å². The summed E-state index contributed by atoms with van der Waals surface area (Å²) in [7, 11) is 0. The Bertz CT molecular complexity index is 92.4. The molecule has 3 saturated heterocycles. The molecule has 116 valence electrons. The maximum atomic E-state index is 5.07. The highest BCUT2D eigenvalue weighted by Gasteiger charge is 1.96. The van der Waals surface area contributed by atoms with Crippen LogP contribution in [0.4, 0.5) is 0 Å². The first kappa shape index (κ1) is 19.2. The maximum Gasteiger partial charge on any atom is 0.0466 e. The molecule has 3 nitrogen and oxygen atoms in total. The number of rotatable bonds is 0. The molecule has 0 atom stereocenters. The van der Waals surface area contributed by atoms with E-state index in [1.807, 2.05) is 0 Å². The van der Waals surface area contributed by atoms with Crippen molar-refractivity contribution in [2.75, 3.05) is 39.6 Å². The van der Waals surface area contributed by atoms with E-state index < -0.39 is 0 Å². The fourth-order valence-electron chi connectivity index (χ4n) is 2.06. The van der Waals surface area contributed by atoms with Crippen LogP contribution in [0.2, 0.25) is 0 Å². The monoisotopic (exact) mass is 292 g/mol. The van der Waals surface area contributed by atoms with Crippen molar-refractivity contribution in [2.45, 2.75) is 57.8 Å². The Morgan fingerprint density at radius 1 is 0.316 bits per heavy atom. The molecule has 3 fully saturated rings. The predicted octanol–water partition coefficient (Wildman–Crippen LogP) is 3.67. The molecule has 0 aromatic heterocycles. The second-order valence-corrected chi connectivity index (χ2v) is 5.02. The van der Waals surface area contributed by atoms with Crippen molar-refractivity contribution in [3.63, 3.8) is 0 Å². The molecule has 0 saturated carbocycles. The second-order valence-electron chi connectivity index (χ2n) is 5.02. The van der Waals surface area contributed by atoms with Crippen LogP contribution < -0.4 is 0 Å². The molecule has 0 bridgehead atoms. The van der Waals surface area contributed by atoms with Crippen LogP contribution in [0.3, 0.4) is 0 Å². The summed E-state index contributed by atoms with van der Waals surface area (Å²) >= 11 is 0. The first-order valence-electron chi connectivity index (χ1n) is 7.73. The van der Waals surface area contributed by atoms with Crippen molar-refractivity contribution in [3.05, 3.63) is 0 Å². The largest absolute Gasteiger partial charge is 0.381 e. The SMILES string of the molecule is C1CCOCC1.C1CCOCC1.C1CCOCC1.S. The van der Waals surface area contributed by atoms with Gasteiger partial charge < -0.3 is 14.2 Å². The third-order valence-corrected chi connectivity index (χ3v) is 3.23. The molecule has 3 rings (SSSR count). The number of hydrogen-bond donors (Lipinski definition) is 0. The Kier molecular flexibility index (Phi) is 16.5. The van der Waals surface area contributed by atoms with Gasteiger partial charge in [0.25, 0.3) is 0 Å². The lowest BCUT2D eigenvalue weighted by Crippen LogP contribution is -2.03. The van der Waals surface area contributed by atoms with Crippen LogP contribution in [-0.2, 0) is 14.2 Å². The van der Waals surface area contributed by atoms with Gasteiger partial charge in [-0.25, -0.2) is 0 Å². The Morgan fingerprint density at radius 2 is 0.526 bits per heavy atom. The van der Waals surface area contributed by atoms with Crippen LogP contribution >= 0.6 is 13.5 Å². The Hall–Kier alpha value is 0.230. The lowest BCUT2D eigenvalue weighted by atomic mass is 10.2. The summed E-state index contributed by atoms with van der Waals surface area (Å²) in [6, 6.07) is 0. The zero-order chi connectivity index (χ0) is 12.7. The summed E-state index contributed by atoms with van der Waals surface area (Å²) in [6.07, 6.45) is 11.8. The van der Waals surface area contributed by atoms with Gasteiger partial charge in [0.05, 0.1) is 0 Å². The van der Waals surface area contributed by atoms with Crippen molar-refractivity contribution >= 4 is 13.5 Å². The Morgan fingerprint density at radius 3 is 0.579 bits per heavy atom. The summed E-state index contributed by atoms with van der Waals surface area (Å²) in [6.45, 7) is 6.00. The van der Waals surface area contributed by atoms with E-state index in [0.717, 1.165) is 39.6 Å². The van der Waals surface area contributed by atoms with Crippen LogP contribution in [0.15, 0.2) is 0 Å². The molecule has 3 aliphatic rings. The fraction of sp³-hybridized carbons (Fsp3) is 1.00. The van der Waals surface area contributed by atoms with Crippen LogP contribution in [-0.4, -0.2) is 39.6 Å². The van der Waals surface area contributed by atoms with Crippen molar-refractivity contribution in [3.8, 4) is 0 Å². The van der Waals surface area contributed by atoms with Gasteiger partial charge in [-0.15, -0.1) is 0 Å². The van der Waals surface area contributed by atoms with E-state index in [4.69, 9.17) is 14.2 Å². The minimum Gasteiger partial charge on any atom is -0.381 e. The smallest absolute Gasteiger partial charge is 0.0466 e. The average molecular weight is 292 g/mol. The highest BCUT2D eigenvalue weighted by Crippen LogP contribution is 2.03. The highest BCUT2D eigenvalue weighted by atomic mass is 32.1. The van der Waals surface area contributed by atoms with E-state index in [0.29, 0.717) is 0 Å². The van der Waals surface area contributed by atoms with Crippen molar-refractivity contribution in [1.29, 1.82) is 0 Å². The molecule has 0 amide bonds. The molecule has 0 aliphatic carbocycles. The summed E-state index contributed by atoms with van der Waals surface area (Å²) in [5.41, 5.74) is 0. The third kappa shape index (κ3) is 14.4. The van der Waals surface area contributed by atoms with Gasteiger partial charge in [0.1, 0.15) is 0 Å².